The summed E-state index contributed by atoms with van der Waals surface area (Å²) in [5, 5.41) is 4.69. The lowest BCUT2D eigenvalue weighted by Crippen LogP contribution is -2.09. The molecule has 144 valence electrons. The highest BCUT2D eigenvalue weighted by atomic mass is 19.1. The predicted molar refractivity (Wildman–Crippen MR) is 109 cm³/mol. The molecule has 0 amide bonds. The van der Waals surface area contributed by atoms with Gasteiger partial charge in [0.05, 0.1) is 17.8 Å². The van der Waals surface area contributed by atoms with Gasteiger partial charge in [-0.05, 0) is 23.8 Å². The zero-order valence-corrected chi connectivity index (χ0v) is 15.7. The minimum absolute atomic E-state index is 0.0599. The Morgan fingerprint density at radius 3 is 2.24 bits per heavy atom. The van der Waals surface area contributed by atoms with Gasteiger partial charge < -0.3 is 4.74 Å². The van der Waals surface area contributed by atoms with Crippen molar-refractivity contribution in [3.63, 3.8) is 0 Å². The second-order valence-corrected chi connectivity index (χ2v) is 6.58. The third-order valence-electron chi connectivity index (χ3n) is 4.54. The Balaban J connectivity index is 1.56. The number of benzene rings is 3. The minimum atomic E-state index is -0.485. The van der Waals surface area contributed by atoms with Crippen LogP contribution in [0.1, 0.15) is 11.1 Å². The SMILES string of the molecule is O=C(Cc1ccccc1F)OCc1cn(-c2ccccc2)nc1-c1ccccc1. The number of halogens is 1. The number of ether oxygens (including phenoxy) is 1. The number of carbonyl (C=O) groups excluding carboxylic acids is 1. The minimum Gasteiger partial charge on any atom is -0.460 e. The second kappa shape index (κ2) is 8.52. The summed E-state index contributed by atoms with van der Waals surface area (Å²) in [6.07, 6.45) is 1.74. The Bertz CT molecular complexity index is 1110. The first-order valence-corrected chi connectivity index (χ1v) is 9.29. The molecule has 1 heterocycles. The van der Waals surface area contributed by atoms with Crippen molar-refractivity contribution in [1.29, 1.82) is 0 Å². The van der Waals surface area contributed by atoms with Gasteiger partial charge in [0.15, 0.2) is 0 Å². The van der Waals surface area contributed by atoms with E-state index in [9.17, 15) is 9.18 Å². The second-order valence-electron chi connectivity index (χ2n) is 6.58. The van der Waals surface area contributed by atoms with Gasteiger partial charge in [0.25, 0.3) is 0 Å². The Hall–Kier alpha value is -3.73. The first-order valence-electron chi connectivity index (χ1n) is 9.29. The molecule has 3 aromatic carbocycles. The van der Waals surface area contributed by atoms with E-state index < -0.39 is 11.8 Å². The van der Waals surface area contributed by atoms with Crippen LogP contribution in [0.5, 0.6) is 0 Å². The molecule has 0 fully saturated rings. The highest BCUT2D eigenvalue weighted by Gasteiger charge is 2.15. The lowest BCUT2D eigenvalue weighted by Gasteiger charge is -2.06. The average Bonchev–Trinajstić information content (AvgIpc) is 3.20. The summed E-state index contributed by atoms with van der Waals surface area (Å²) >= 11 is 0. The van der Waals surface area contributed by atoms with E-state index in [1.54, 1.807) is 22.9 Å². The largest absolute Gasteiger partial charge is 0.460 e. The van der Waals surface area contributed by atoms with Crippen molar-refractivity contribution < 1.29 is 13.9 Å². The summed E-state index contributed by atoms with van der Waals surface area (Å²) < 4.78 is 21.0. The molecule has 0 saturated carbocycles. The molecule has 4 rings (SSSR count). The zero-order valence-electron chi connectivity index (χ0n) is 15.7. The third kappa shape index (κ3) is 4.41. The summed E-state index contributed by atoms with van der Waals surface area (Å²) in [5.74, 6) is -0.895. The Morgan fingerprint density at radius 2 is 1.52 bits per heavy atom. The van der Waals surface area contributed by atoms with E-state index in [2.05, 4.69) is 0 Å². The molecule has 4 nitrogen and oxygen atoms in total. The lowest BCUT2D eigenvalue weighted by atomic mass is 10.1. The maximum atomic E-state index is 13.8. The molecule has 0 aliphatic heterocycles. The van der Waals surface area contributed by atoms with Gasteiger partial charge in [-0.1, -0.05) is 66.7 Å². The number of nitrogens with zero attached hydrogens (tertiary/aromatic N) is 2. The highest BCUT2D eigenvalue weighted by Crippen LogP contribution is 2.24. The van der Waals surface area contributed by atoms with Crippen molar-refractivity contribution >= 4 is 5.97 Å². The van der Waals surface area contributed by atoms with E-state index in [4.69, 9.17) is 9.84 Å². The van der Waals surface area contributed by atoms with E-state index in [1.807, 2.05) is 66.9 Å². The van der Waals surface area contributed by atoms with Gasteiger partial charge in [-0.3, -0.25) is 4.79 Å². The molecule has 0 unspecified atom stereocenters. The van der Waals surface area contributed by atoms with Crippen LogP contribution >= 0.6 is 0 Å². The van der Waals surface area contributed by atoms with Gasteiger partial charge >= 0.3 is 5.97 Å². The van der Waals surface area contributed by atoms with E-state index in [0.717, 1.165) is 22.5 Å². The third-order valence-corrected chi connectivity index (χ3v) is 4.54. The van der Waals surface area contributed by atoms with Crippen LogP contribution in [-0.4, -0.2) is 15.7 Å². The van der Waals surface area contributed by atoms with Crippen LogP contribution in [0.4, 0.5) is 4.39 Å². The molecule has 0 aliphatic carbocycles. The normalized spacial score (nSPS) is 10.7. The van der Waals surface area contributed by atoms with Crippen molar-refractivity contribution in [1.82, 2.24) is 9.78 Å². The summed E-state index contributed by atoms with van der Waals surface area (Å²) in [7, 11) is 0. The Kier molecular flexibility index (Phi) is 5.47. The predicted octanol–water partition coefficient (Wildman–Crippen LogP) is 4.96. The number of hydrogen-bond acceptors (Lipinski definition) is 3. The van der Waals surface area contributed by atoms with Crippen LogP contribution in [0.15, 0.2) is 91.1 Å². The van der Waals surface area contributed by atoms with Gasteiger partial charge in [-0.25, -0.2) is 9.07 Å². The summed E-state index contributed by atoms with van der Waals surface area (Å²) in [6.45, 7) is 0.0599. The molecule has 1 aromatic heterocycles. The smallest absolute Gasteiger partial charge is 0.310 e. The summed E-state index contributed by atoms with van der Waals surface area (Å²) in [4.78, 5) is 12.2. The number of para-hydroxylation sites is 1. The van der Waals surface area contributed by atoms with Gasteiger partial charge in [0.2, 0.25) is 0 Å². The molecular weight excluding hydrogens is 367 g/mol. The molecule has 0 radical (unpaired) electrons. The fraction of sp³-hybridized carbons (Fsp3) is 0.0833. The molecule has 0 aliphatic rings. The fourth-order valence-electron chi connectivity index (χ4n) is 3.07. The van der Waals surface area contributed by atoms with Crippen LogP contribution in [0.2, 0.25) is 0 Å². The lowest BCUT2D eigenvalue weighted by molar-refractivity contribution is -0.144. The highest BCUT2D eigenvalue weighted by molar-refractivity contribution is 5.73. The molecule has 0 atom stereocenters. The topological polar surface area (TPSA) is 44.1 Å². The van der Waals surface area contributed by atoms with Gasteiger partial charge in [-0.15, -0.1) is 0 Å². The molecule has 5 heteroatoms. The summed E-state index contributed by atoms with van der Waals surface area (Å²) in [5.41, 5.74) is 3.69. The van der Waals surface area contributed by atoms with Gasteiger partial charge in [0.1, 0.15) is 12.4 Å². The Labute approximate surface area is 168 Å². The molecular formula is C24H19FN2O2. The molecule has 29 heavy (non-hydrogen) atoms. The van der Waals surface area contributed by atoms with Crippen LogP contribution < -0.4 is 0 Å². The van der Waals surface area contributed by atoms with E-state index in [1.165, 1.54) is 6.07 Å². The van der Waals surface area contributed by atoms with E-state index in [0.29, 0.717) is 5.56 Å². The van der Waals surface area contributed by atoms with Crippen LogP contribution in [0, 0.1) is 5.82 Å². The number of hydrogen-bond donors (Lipinski definition) is 0. The van der Waals surface area contributed by atoms with E-state index >= 15 is 0 Å². The maximum Gasteiger partial charge on any atom is 0.310 e. The van der Waals surface area contributed by atoms with Crippen molar-refractivity contribution in [2.75, 3.05) is 0 Å². The van der Waals surface area contributed by atoms with Gasteiger partial charge in [-0.2, -0.15) is 5.10 Å². The van der Waals surface area contributed by atoms with Crippen LogP contribution in [0.25, 0.3) is 16.9 Å². The zero-order chi connectivity index (χ0) is 20.1. The van der Waals surface area contributed by atoms with Crippen LogP contribution in [0.3, 0.4) is 0 Å². The Morgan fingerprint density at radius 1 is 0.862 bits per heavy atom. The summed E-state index contributed by atoms with van der Waals surface area (Å²) in [6, 6.07) is 25.7. The number of aromatic nitrogens is 2. The number of carbonyl (C=O) groups is 1. The quantitative estimate of drug-likeness (QED) is 0.440. The van der Waals surface area contributed by atoms with Crippen LogP contribution in [-0.2, 0) is 22.6 Å². The first-order chi connectivity index (χ1) is 14.2. The fourth-order valence-corrected chi connectivity index (χ4v) is 3.07. The molecule has 0 N–H and O–H groups in total. The standard InChI is InChI=1S/C24H19FN2O2/c25-22-14-8-7-11-19(22)15-23(28)29-17-20-16-27(21-12-5-2-6-13-21)26-24(20)18-9-3-1-4-10-18/h1-14,16H,15,17H2. The van der Waals surface area contributed by atoms with E-state index in [-0.39, 0.29) is 13.0 Å². The van der Waals surface area contributed by atoms with Gasteiger partial charge in [0, 0.05) is 17.3 Å². The maximum absolute atomic E-state index is 13.8. The molecule has 0 spiro atoms. The van der Waals surface area contributed by atoms with Crippen molar-refractivity contribution in [3.05, 3.63) is 108 Å². The number of rotatable bonds is 6. The first kappa shape index (κ1) is 18.6. The van der Waals surface area contributed by atoms with Crippen molar-refractivity contribution in [3.8, 4) is 16.9 Å². The molecule has 0 saturated heterocycles. The number of esters is 1. The monoisotopic (exact) mass is 386 g/mol. The van der Waals surface area contributed by atoms with Crippen molar-refractivity contribution in [2.45, 2.75) is 13.0 Å². The van der Waals surface area contributed by atoms with Crippen molar-refractivity contribution in [2.24, 2.45) is 0 Å². The molecule has 0 bridgehead atoms. The average molecular weight is 386 g/mol. The molecule has 4 aromatic rings.